The lowest BCUT2D eigenvalue weighted by Crippen LogP contribution is -2.60. The van der Waals surface area contributed by atoms with E-state index in [4.69, 9.17) is 32.5 Å². The molecule has 2 aliphatic heterocycles. The van der Waals surface area contributed by atoms with Crippen molar-refractivity contribution in [3.63, 3.8) is 0 Å². The Morgan fingerprint density at radius 1 is 1.07 bits per heavy atom. The Bertz CT molecular complexity index is 1780. The molecule has 232 valence electrons. The van der Waals surface area contributed by atoms with E-state index in [9.17, 15) is 13.6 Å². The van der Waals surface area contributed by atoms with Crippen molar-refractivity contribution in [1.29, 1.82) is 0 Å². The molecule has 3 heterocycles. The summed E-state index contributed by atoms with van der Waals surface area (Å²) in [5.41, 5.74) is 3.46. The van der Waals surface area contributed by atoms with Crippen molar-refractivity contribution in [2.24, 2.45) is 0 Å². The number of hydrogen-bond donors (Lipinski definition) is 2. The quantitative estimate of drug-likeness (QED) is 0.223. The van der Waals surface area contributed by atoms with Crippen LogP contribution in [-0.2, 0) is 17.9 Å². The first-order valence-electron chi connectivity index (χ1n) is 14.8. The molecule has 1 saturated carbocycles. The topological polar surface area (TPSA) is 92.5 Å². The zero-order valence-electron chi connectivity index (χ0n) is 24.0. The van der Waals surface area contributed by atoms with Crippen molar-refractivity contribution in [2.45, 2.75) is 50.5 Å². The number of piperazine rings is 1. The Kier molecular flexibility index (Phi) is 8.31. The fraction of sp³-hybridized carbons (Fsp3) is 0.303. The Morgan fingerprint density at radius 2 is 1.89 bits per heavy atom. The Morgan fingerprint density at radius 3 is 2.69 bits per heavy atom. The van der Waals surface area contributed by atoms with E-state index in [0.717, 1.165) is 59.9 Å². The zero-order valence-corrected chi connectivity index (χ0v) is 25.5. The third-order valence-electron chi connectivity index (χ3n) is 8.35. The molecule has 1 aromatic heterocycles. The summed E-state index contributed by atoms with van der Waals surface area (Å²) in [7, 11) is 0. The lowest BCUT2D eigenvalue weighted by Gasteiger charge is -2.41. The molecular formula is C33H29Cl2F2N5O3. The summed E-state index contributed by atoms with van der Waals surface area (Å²) < 4.78 is 38.7. The standard InChI is InChI=1S/C33H29Cl2F2N5O3/c34-26-3-1-2-19(31(26)35)16-42(22-7-8-22)33(43)30-24(13-21-14-38-15-28(30)39-21)18-4-9-23(10-5-18)44-17-29-40-32(41-45-29)25-12-20(36)6-11-27(25)37/h1-6,9-12,21-22,28,38-39H,7-8,13-17H2/t21-,28-/m1/s1. The highest BCUT2D eigenvalue weighted by Gasteiger charge is 2.41. The highest BCUT2D eigenvalue weighted by atomic mass is 35.5. The lowest BCUT2D eigenvalue weighted by molar-refractivity contribution is -0.128. The number of nitrogens with one attached hydrogen (secondary N) is 2. The minimum absolute atomic E-state index is 0.00505. The minimum atomic E-state index is -0.654. The van der Waals surface area contributed by atoms with Gasteiger partial charge in [0.2, 0.25) is 5.82 Å². The first kappa shape index (κ1) is 29.9. The van der Waals surface area contributed by atoms with E-state index in [1.165, 1.54) is 0 Å². The molecule has 2 fully saturated rings. The highest BCUT2D eigenvalue weighted by molar-refractivity contribution is 6.42. The molecule has 4 aromatic rings. The summed E-state index contributed by atoms with van der Waals surface area (Å²) in [6, 6.07) is 16.4. The second-order valence-corrected chi connectivity index (χ2v) is 12.3. The van der Waals surface area contributed by atoms with Crippen molar-refractivity contribution < 1.29 is 22.8 Å². The van der Waals surface area contributed by atoms with Crippen LogP contribution in [0, 0.1) is 11.6 Å². The lowest BCUT2D eigenvalue weighted by atomic mass is 9.83. The number of aromatic nitrogens is 2. The number of carbonyl (C=O) groups is 1. The maximum atomic E-state index is 14.4. The Balaban J connectivity index is 1.12. The third kappa shape index (κ3) is 6.33. The normalized spacial score (nSPS) is 19.5. The molecule has 3 aliphatic rings. The first-order chi connectivity index (χ1) is 21.8. The number of rotatable bonds is 9. The molecule has 2 bridgehead atoms. The maximum Gasteiger partial charge on any atom is 0.264 e. The number of halogens is 4. The van der Waals surface area contributed by atoms with E-state index in [1.807, 2.05) is 41.3 Å². The van der Waals surface area contributed by atoms with Gasteiger partial charge in [0.1, 0.15) is 17.4 Å². The Labute approximate surface area is 268 Å². The van der Waals surface area contributed by atoms with Gasteiger partial charge in [-0.2, -0.15) is 4.98 Å². The molecule has 0 spiro atoms. The van der Waals surface area contributed by atoms with Gasteiger partial charge in [-0.15, -0.1) is 0 Å². The molecule has 3 aromatic carbocycles. The van der Waals surface area contributed by atoms with E-state index in [1.54, 1.807) is 6.07 Å². The van der Waals surface area contributed by atoms with Crippen LogP contribution in [-0.4, -0.2) is 52.2 Å². The number of hydrogen-bond acceptors (Lipinski definition) is 7. The fourth-order valence-corrected chi connectivity index (χ4v) is 6.37. The number of ether oxygens (including phenoxy) is 1. The van der Waals surface area contributed by atoms with Gasteiger partial charge in [0, 0.05) is 37.3 Å². The summed E-state index contributed by atoms with van der Waals surface area (Å²) in [6.45, 7) is 1.81. The van der Waals surface area contributed by atoms with Gasteiger partial charge in [0.25, 0.3) is 11.8 Å². The van der Waals surface area contributed by atoms with Gasteiger partial charge in [-0.3, -0.25) is 4.79 Å². The van der Waals surface area contributed by atoms with E-state index in [0.29, 0.717) is 35.3 Å². The monoisotopic (exact) mass is 651 g/mol. The van der Waals surface area contributed by atoms with E-state index in [-0.39, 0.29) is 47.9 Å². The second kappa shape index (κ2) is 12.5. The van der Waals surface area contributed by atoms with Gasteiger partial charge >= 0.3 is 0 Å². The summed E-state index contributed by atoms with van der Waals surface area (Å²) in [5, 5.41) is 11.8. The van der Waals surface area contributed by atoms with Gasteiger partial charge in [-0.25, -0.2) is 8.78 Å². The molecule has 7 rings (SSSR count). The van der Waals surface area contributed by atoms with Crippen molar-refractivity contribution >= 4 is 34.7 Å². The molecule has 0 radical (unpaired) electrons. The zero-order chi connectivity index (χ0) is 31.1. The van der Waals surface area contributed by atoms with Crippen molar-refractivity contribution in [3.05, 3.63) is 105 Å². The molecule has 2 atom stereocenters. The van der Waals surface area contributed by atoms with E-state index in [2.05, 4.69) is 20.8 Å². The van der Waals surface area contributed by atoms with Gasteiger partial charge in [-0.05, 0) is 72.4 Å². The average Bonchev–Trinajstić information content (AvgIpc) is 3.78. The smallest absolute Gasteiger partial charge is 0.264 e. The van der Waals surface area contributed by atoms with Gasteiger partial charge < -0.3 is 24.8 Å². The fourth-order valence-electron chi connectivity index (χ4n) is 5.99. The van der Waals surface area contributed by atoms with Gasteiger partial charge in [0.05, 0.1) is 21.7 Å². The van der Waals surface area contributed by atoms with Crippen molar-refractivity contribution in [1.82, 2.24) is 25.7 Å². The molecule has 1 amide bonds. The van der Waals surface area contributed by atoms with E-state index < -0.39 is 11.6 Å². The number of nitrogens with zero attached hydrogens (tertiary/aromatic N) is 3. The molecule has 8 nitrogen and oxygen atoms in total. The van der Waals surface area contributed by atoms with Crippen LogP contribution in [0.1, 0.15) is 36.3 Å². The van der Waals surface area contributed by atoms with Crippen LogP contribution in [0.25, 0.3) is 17.0 Å². The van der Waals surface area contributed by atoms with Crippen LogP contribution in [0.2, 0.25) is 10.0 Å². The largest absolute Gasteiger partial charge is 0.484 e. The number of amides is 1. The Hall–Kier alpha value is -3.83. The van der Waals surface area contributed by atoms with Gasteiger partial charge in [0.15, 0.2) is 6.61 Å². The van der Waals surface area contributed by atoms with Crippen LogP contribution in [0.15, 0.2) is 70.8 Å². The summed E-state index contributed by atoms with van der Waals surface area (Å²) >= 11 is 12.8. The number of fused-ring (bicyclic) bond motifs is 2. The summed E-state index contributed by atoms with van der Waals surface area (Å²) in [4.78, 5) is 20.4. The maximum absolute atomic E-state index is 14.4. The van der Waals surface area contributed by atoms with Crippen LogP contribution in [0.5, 0.6) is 5.75 Å². The first-order valence-corrected chi connectivity index (χ1v) is 15.5. The number of carbonyl (C=O) groups excluding carboxylic acids is 1. The number of benzene rings is 3. The average molecular weight is 653 g/mol. The predicted molar refractivity (Wildman–Crippen MR) is 166 cm³/mol. The van der Waals surface area contributed by atoms with Crippen LogP contribution in [0.3, 0.4) is 0 Å². The predicted octanol–water partition coefficient (Wildman–Crippen LogP) is 6.18. The molecule has 0 unspecified atom stereocenters. The molecule has 12 heteroatoms. The minimum Gasteiger partial charge on any atom is -0.484 e. The van der Waals surface area contributed by atoms with Crippen LogP contribution < -0.4 is 15.4 Å². The molecule has 2 N–H and O–H groups in total. The van der Waals surface area contributed by atoms with E-state index >= 15 is 0 Å². The molecular weight excluding hydrogens is 623 g/mol. The van der Waals surface area contributed by atoms with Crippen LogP contribution >= 0.6 is 23.2 Å². The SMILES string of the molecule is O=C(C1=C(c2ccc(OCc3nc(-c4cc(F)ccc4F)no3)cc2)C[C@@H]2CNC[C@H]1N2)N(Cc1cccc(Cl)c1Cl)C1CC1. The molecule has 45 heavy (non-hydrogen) atoms. The highest BCUT2D eigenvalue weighted by Crippen LogP contribution is 2.38. The molecule has 1 aliphatic carbocycles. The van der Waals surface area contributed by atoms with Gasteiger partial charge in [-0.1, -0.05) is 52.6 Å². The third-order valence-corrected chi connectivity index (χ3v) is 9.21. The van der Waals surface area contributed by atoms with Crippen LogP contribution in [0.4, 0.5) is 8.78 Å². The molecule has 1 saturated heterocycles. The van der Waals surface area contributed by atoms with Crippen molar-refractivity contribution in [3.8, 4) is 17.1 Å². The summed E-state index contributed by atoms with van der Waals surface area (Å²) in [5.74, 6) is -0.645. The summed E-state index contributed by atoms with van der Waals surface area (Å²) in [6.07, 6.45) is 2.61. The second-order valence-electron chi connectivity index (χ2n) is 11.5. The van der Waals surface area contributed by atoms with Crippen molar-refractivity contribution in [2.75, 3.05) is 13.1 Å².